The molecule has 0 aliphatic rings. The fraction of sp³-hybridized carbons (Fsp3) is 0.643. The molecule has 0 bridgehead atoms. The first kappa shape index (κ1) is 27.6. The summed E-state index contributed by atoms with van der Waals surface area (Å²) in [4.78, 5) is 0. The molecule has 0 saturated carbocycles. The quantitative estimate of drug-likeness (QED) is 0.540. The zero-order valence-corrected chi connectivity index (χ0v) is 17.6. The van der Waals surface area contributed by atoms with Crippen LogP contribution < -0.4 is 5.19 Å². The molecule has 0 N–H and O–H groups in total. The van der Waals surface area contributed by atoms with Gasteiger partial charge in [0.15, 0.2) is 0 Å². The molecule has 0 fully saturated rings. The Labute approximate surface area is 141 Å². The fourth-order valence-electron chi connectivity index (χ4n) is 0.874. The Kier molecular flexibility index (Phi) is 30.0. The minimum atomic E-state index is -0.981. The average Bonchev–Trinajstić information content (AvgIpc) is 2.72. The van der Waals surface area contributed by atoms with E-state index in [4.69, 9.17) is 0 Å². The van der Waals surface area contributed by atoms with E-state index in [0.717, 1.165) is 0 Å². The second kappa shape index (κ2) is 20.6. The Morgan fingerprint density at radius 2 is 0.895 bits per heavy atom. The van der Waals surface area contributed by atoms with E-state index in [9.17, 15) is 0 Å². The van der Waals surface area contributed by atoms with Crippen LogP contribution in [0, 0.1) is 0 Å². The SMILES string of the molecule is C[N-]C.C[N-]C.C[N-]C.C[Si](C)(C)[c-]1cccc1.[Zr+4]. The molecule has 0 heterocycles. The molecule has 110 valence electrons. The Bertz CT molecular complexity index is 216. The van der Waals surface area contributed by atoms with E-state index in [1.54, 1.807) is 47.5 Å². The van der Waals surface area contributed by atoms with Crippen LogP contribution in [-0.2, 0) is 26.2 Å². The molecule has 0 saturated heterocycles. The summed E-state index contributed by atoms with van der Waals surface area (Å²) in [6, 6.07) is 8.69. The van der Waals surface area contributed by atoms with Crippen molar-refractivity contribution in [2.45, 2.75) is 19.6 Å². The van der Waals surface area contributed by atoms with Crippen molar-refractivity contribution in [3.05, 3.63) is 40.2 Å². The fourth-order valence-corrected chi connectivity index (χ4v) is 2.07. The predicted octanol–water partition coefficient (Wildman–Crippen LogP) is 3.81. The number of hydrogen-bond acceptors (Lipinski definition) is 0. The van der Waals surface area contributed by atoms with Crippen LogP contribution in [0.15, 0.2) is 24.3 Å². The first-order valence-corrected chi connectivity index (χ1v) is 9.51. The summed E-state index contributed by atoms with van der Waals surface area (Å²) in [5, 5.41) is 12.1. The van der Waals surface area contributed by atoms with Crippen LogP contribution in [0.3, 0.4) is 0 Å². The third kappa shape index (κ3) is 27.5. The van der Waals surface area contributed by atoms with Crippen LogP contribution in [-0.4, -0.2) is 50.4 Å². The molecule has 0 atom stereocenters. The van der Waals surface area contributed by atoms with E-state index in [-0.39, 0.29) is 26.2 Å². The molecule has 0 aliphatic heterocycles. The van der Waals surface area contributed by atoms with Gasteiger partial charge in [-0.05, 0) is 0 Å². The number of nitrogens with zero attached hydrogens (tertiary/aromatic N) is 3. The second-order valence-electron chi connectivity index (χ2n) is 4.77. The molecule has 19 heavy (non-hydrogen) atoms. The van der Waals surface area contributed by atoms with Crippen molar-refractivity contribution >= 4 is 13.3 Å². The van der Waals surface area contributed by atoms with Gasteiger partial charge in [0, 0.05) is 8.07 Å². The number of rotatable bonds is 1. The smallest absolute Gasteiger partial charge is 0.668 e. The zero-order valence-electron chi connectivity index (χ0n) is 14.2. The largest absolute Gasteiger partial charge is 4.00 e. The maximum Gasteiger partial charge on any atom is 4.00 e. The zero-order chi connectivity index (χ0) is 15.0. The van der Waals surface area contributed by atoms with E-state index < -0.39 is 8.07 Å². The minimum Gasteiger partial charge on any atom is -0.668 e. The molecule has 1 rings (SSSR count). The summed E-state index contributed by atoms with van der Waals surface area (Å²) < 4.78 is 0. The summed E-state index contributed by atoms with van der Waals surface area (Å²) >= 11 is 0. The van der Waals surface area contributed by atoms with Gasteiger partial charge in [-0.3, -0.25) is 0 Å². The third-order valence-corrected chi connectivity index (χ3v) is 3.59. The third-order valence-electron chi connectivity index (χ3n) is 1.53. The summed E-state index contributed by atoms with van der Waals surface area (Å²) in [6.07, 6.45) is 0. The molecule has 0 aliphatic carbocycles. The Morgan fingerprint density at radius 1 is 0.684 bits per heavy atom. The summed E-state index contributed by atoms with van der Waals surface area (Å²) in [6.45, 7) is 7.09. The monoisotopic (exact) mass is 359 g/mol. The predicted molar refractivity (Wildman–Crippen MR) is 90.6 cm³/mol. The molecule has 0 amide bonds. The maximum absolute atomic E-state index is 3.50. The van der Waals surface area contributed by atoms with E-state index in [2.05, 4.69) is 59.9 Å². The van der Waals surface area contributed by atoms with Crippen molar-refractivity contribution in [2.24, 2.45) is 0 Å². The molecule has 5 heteroatoms. The van der Waals surface area contributed by atoms with Crippen molar-refractivity contribution in [3.8, 4) is 0 Å². The molecular weight excluding hydrogens is 329 g/mol. The summed E-state index contributed by atoms with van der Waals surface area (Å²) in [7, 11) is 9.52. The molecule has 0 spiro atoms. The molecule has 1 aromatic carbocycles. The normalized spacial score (nSPS) is 8.47. The van der Waals surface area contributed by atoms with Crippen LogP contribution in [0.1, 0.15) is 0 Å². The van der Waals surface area contributed by atoms with E-state index >= 15 is 0 Å². The van der Waals surface area contributed by atoms with Gasteiger partial charge >= 0.3 is 26.2 Å². The van der Waals surface area contributed by atoms with Crippen molar-refractivity contribution in [1.29, 1.82) is 0 Å². The minimum absolute atomic E-state index is 0. The molecule has 3 nitrogen and oxygen atoms in total. The van der Waals surface area contributed by atoms with Crippen LogP contribution in [0.2, 0.25) is 19.6 Å². The molecule has 0 aromatic heterocycles. The van der Waals surface area contributed by atoms with Gasteiger partial charge in [0.2, 0.25) is 0 Å². The second-order valence-corrected chi connectivity index (χ2v) is 9.84. The van der Waals surface area contributed by atoms with E-state index in [0.29, 0.717) is 0 Å². The molecular formula is C14H31N3SiZr. The Hall–Kier alpha value is 0.330. The van der Waals surface area contributed by atoms with Gasteiger partial charge in [-0.15, -0.1) is 0 Å². The topological polar surface area (TPSA) is 42.3 Å². The summed E-state index contributed by atoms with van der Waals surface area (Å²) in [5.74, 6) is 0. The van der Waals surface area contributed by atoms with Gasteiger partial charge in [-0.1, -0.05) is 19.6 Å². The number of hydrogen-bond donors (Lipinski definition) is 0. The van der Waals surface area contributed by atoms with Crippen molar-refractivity contribution in [1.82, 2.24) is 0 Å². The van der Waals surface area contributed by atoms with Crippen LogP contribution >= 0.6 is 0 Å². The van der Waals surface area contributed by atoms with Crippen LogP contribution in [0.4, 0.5) is 0 Å². The van der Waals surface area contributed by atoms with Crippen molar-refractivity contribution < 1.29 is 26.2 Å². The molecule has 1 aromatic rings. The first-order valence-electron chi connectivity index (χ1n) is 6.01. The van der Waals surface area contributed by atoms with Crippen molar-refractivity contribution in [2.75, 3.05) is 42.3 Å². The molecule has 0 unspecified atom stereocenters. The van der Waals surface area contributed by atoms with Gasteiger partial charge in [0.25, 0.3) is 0 Å². The summed E-state index contributed by atoms with van der Waals surface area (Å²) in [5.41, 5.74) is 0. The Balaban J connectivity index is -0.0000000956. The van der Waals surface area contributed by atoms with Gasteiger partial charge in [0.1, 0.15) is 0 Å². The molecule has 0 radical (unpaired) electrons. The van der Waals surface area contributed by atoms with Gasteiger partial charge in [-0.2, -0.15) is 59.6 Å². The Morgan fingerprint density at radius 3 is 1.00 bits per heavy atom. The first-order chi connectivity index (χ1) is 8.35. The standard InChI is InChI=1S/C8H13Si.3C2H6N.Zr/c1-9(2,3)8-6-4-5-7-8;3*1-3-2;/h4-7H,1-3H3;3*1-2H3;/q4*-1;+4. The van der Waals surface area contributed by atoms with E-state index in [1.165, 1.54) is 0 Å². The van der Waals surface area contributed by atoms with Gasteiger partial charge in [-0.25, -0.2) is 12.1 Å². The van der Waals surface area contributed by atoms with Gasteiger partial charge < -0.3 is 16.0 Å². The van der Waals surface area contributed by atoms with E-state index in [1.807, 2.05) is 0 Å². The van der Waals surface area contributed by atoms with Crippen LogP contribution in [0.5, 0.6) is 0 Å². The maximum atomic E-state index is 3.50. The average molecular weight is 361 g/mol. The van der Waals surface area contributed by atoms with Crippen LogP contribution in [0.25, 0.3) is 16.0 Å². The van der Waals surface area contributed by atoms with Crippen molar-refractivity contribution in [3.63, 3.8) is 0 Å². The van der Waals surface area contributed by atoms with Gasteiger partial charge in [0.05, 0.1) is 0 Å².